The molecule has 1 saturated heterocycles. The minimum atomic E-state index is -1.52. The molecule has 40 heavy (non-hydrogen) atoms. The van der Waals surface area contributed by atoms with Crippen LogP contribution in [0.25, 0.3) is 0 Å². The summed E-state index contributed by atoms with van der Waals surface area (Å²) in [5, 5.41) is 20.1. The number of β-lactam (4-membered cyclic amide) rings is 1. The molecule has 13 nitrogen and oxygen atoms in total. The van der Waals surface area contributed by atoms with Crippen molar-refractivity contribution < 1.29 is 42.2 Å². The van der Waals surface area contributed by atoms with E-state index in [1.807, 2.05) is 0 Å². The maximum absolute atomic E-state index is 13.5. The number of nitro groups is 1. The summed E-state index contributed by atoms with van der Waals surface area (Å²) < 4.78 is 14.9. The Balaban J connectivity index is 1.64. The first-order chi connectivity index (χ1) is 18.8. The number of amides is 1. The second-order valence-electron chi connectivity index (χ2n) is 8.71. The zero-order valence-corrected chi connectivity index (χ0v) is 24.6. The molecule has 2 heterocycles. The van der Waals surface area contributed by atoms with Crippen molar-refractivity contribution in [1.29, 1.82) is 0 Å². The lowest BCUT2D eigenvalue weighted by Gasteiger charge is -2.47. The van der Waals surface area contributed by atoms with Crippen molar-refractivity contribution in [3.05, 3.63) is 50.0 Å². The van der Waals surface area contributed by atoms with Gasteiger partial charge in [0.05, 0.1) is 4.92 Å². The number of rotatable bonds is 12. The van der Waals surface area contributed by atoms with Crippen LogP contribution in [0.15, 0.2) is 24.3 Å². The van der Waals surface area contributed by atoms with Crippen LogP contribution in [-0.2, 0) is 41.6 Å². The molecule has 1 aromatic heterocycles. The third-order valence-electron chi connectivity index (χ3n) is 5.62. The van der Waals surface area contributed by atoms with Gasteiger partial charge in [-0.25, -0.2) is 14.4 Å². The summed E-state index contributed by atoms with van der Waals surface area (Å²) in [4.78, 5) is 59.8. The number of alkyl halides is 1. The van der Waals surface area contributed by atoms with E-state index in [0.717, 1.165) is 17.0 Å². The van der Waals surface area contributed by atoms with Crippen LogP contribution in [0.2, 0.25) is 0 Å². The van der Waals surface area contributed by atoms with Crippen molar-refractivity contribution in [2.75, 3.05) is 13.2 Å². The van der Waals surface area contributed by atoms with Crippen LogP contribution in [0.5, 0.6) is 0 Å². The van der Waals surface area contributed by atoms with Crippen molar-refractivity contribution in [3.8, 4) is 0 Å². The molecule has 1 aromatic carbocycles. The highest BCUT2D eigenvalue weighted by molar-refractivity contribution is 8.19. The first-order valence-corrected chi connectivity index (χ1v) is 14.1. The number of hydrogen-bond donors (Lipinski definition) is 0. The van der Waals surface area contributed by atoms with E-state index in [9.17, 15) is 29.3 Å². The molecule has 1 aliphatic rings. The van der Waals surface area contributed by atoms with E-state index in [1.165, 1.54) is 49.4 Å². The van der Waals surface area contributed by atoms with Crippen LogP contribution in [0.3, 0.4) is 0 Å². The Labute approximate surface area is 247 Å². The van der Waals surface area contributed by atoms with E-state index in [-0.39, 0.29) is 25.3 Å². The fourth-order valence-corrected chi connectivity index (χ4v) is 6.59. The average molecular weight is 632 g/mol. The van der Waals surface area contributed by atoms with E-state index < -0.39 is 56.8 Å². The smallest absolute Gasteiger partial charge is 0.452 e. The molecule has 17 heteroatoms. The van der Waals surface area contributed by atoms with Crippen LogP contribution in [-0.4, -0.2) is 71.8 Å². The van der Waals surface area contributed by atoms with Gasteiger partial charge >= 0.3 is 18.0 Å². The van der Waals surface area contributed by atoms with E-state index in [2.05, 4.69) is 10.2 Å². The third-order valence-corrected chi connectivity index (χ3v) is 8.66. The number of benzene rings is 1. The number of ketones is 1. The monoisotopic (exact) mass is 631 g/mol. The molecule has 0 saturated carbocycles. The molecular weight excluding hydrogens is 608 g/mol. The molecule has 4 atom stereocenters. The molecule has 3 rings (SSSR count). The summed E-state index contributed by atoms with van der Waals surface area (Å²) in [6.45, 7) is 3.78. The number of nitrogens with zero attached hydrogens (tertiary/aromatic N) is 4. The summed E-state index contributed by atoms with van der Waals surface area (Å²) >= 11 is 14.1. The topological polar surface area (TPSA) is 165 Å². The molecule has 0 bridgehead atoms. The molecule has 1 amide bonds. The summed E-state index contributed by atoms with van der Waals surface area (Å²) in [5.74, 6) is -2.74. The lowest BCUT2D eigenvalue weighted by molar-refractivity contribution is -0.761. The van der Waals surface area contributed by atoms with E-state index in [0.29, 0.717) is 14.8 Å². The first-order valence-electron chi connectivity index (χ1n) is 11.6. The number of carbonyl (C=O) groups is 4. The fraction of sp³-hybridized carbons (Fsp3) is 0.435. The summed E-state index contributed by atoms with van der Waals surface area (Å²) in [5.41, 5.74) is -1.14. The van der Waals surface area contributed by atoms with Crippen molar-refractivity contribution >= 4 is 80.8 Å². The van der Waals surface area contributed by atoms with Crippen LogP contribution in [0.4, 0.5) is 10.5 Å². The summed E-state index contributed by atoms with van der Waals surface area (Å²) in [7, 11) is 0. The van der Waals surface area contributed by atoms with Crippen LogP contribution in [0.1, 0.15) is 29.4 Å². The number of thiocarbonyl (C=S) groups is 1. The molecule has 1 fully saturated rings. The fourth-order valence-electron chi connectivity index (χ4n) is 3.59. The molecule has 0 spiro atoms. The van der Waals surface area contributed by atoms with Gasteiger partial charge in [0.25, 0.3) is 11.2 Å². The third kappa shape index (κ3) is 7.78. The number of esters is 1. The highest BCUT2D eigenvalue weighted by Crippen LogP contribution is 2.45. The van der Waals surface area contributed by atoms with Gasteiger partial charge in [-0.2, -0.15) is 3.89 Å². The molecular formula is C23H24ClN4O9S3+. The lowest BCUT2D eigenvalue weighted by atomic mass is 9.93. The Bertz CT molecular complexity index is 1320. The predicted molar refractivity (Wildman–Crippen MR) is 147 cm³/mol. The number of aryl methyl sites for hydroxylation is 1. The number of Topliss-reactive ketones (excluding diaryl/α,β-unsaturated/α-hetero) is 1. The van der Waals surface area contributed by atoms with Crippen molar-refractivity contribution in [2.24, 2.45) is 5.92 Å². The maximum atomic E-state index is 13.5. The number of aromatic nitrogens is 2. The van der Waals surface area contributed by atoms with Gasteiger partial charge in [-0.15, -0.1) is 21.5 Å². The maximum Gasteiger partial charge on any atom is 0.508 e. The number of quaternary nitrogens is 1. The van der Waals surface area contributed by atoms with Crippen LogP contribution < -0.4 is 0 Å². The quantitative estimate of drug-likeness (QED) is 0.0383. The van der Waals surface area contributed by atoms with E-state index in [4.69, 9.17) is 38.0 Å². The number of non-ortho nitro benzene ring substituents is 1. The van der Waals surface area contributed by atoms with Gasteiger partial charge in [-0.3, -0.25) is 14.9 Å². The van der Waals surface area contributed by atoms with Gasteiger partial charge in [-0.05, 0) is 50.1 Å². The zero-order valence-electron chi connectivity index (χ0n) is 21.4. The summed E-state index contributed by atoms with van der Waals surface area (Å²) in [6.07, 6.45) is -1.79. The minimum Gasteiger partial charge on any atom is -0.452 e. The highest BCUT2D eigenvalue weighted by atomic mass is 35.5. The Morgan fingerprint density at radius 1 is 1.27 bits per heavy atom. The van der Waals surface area contributed by atoms with Crippen LogP contribution >= 0.6 is 47.1 Å². The van der Waals surface area contributed by atoms with Crippen LogP contribution in [0, 0.1) is 23.0 Å². The Kier molecular flexibility index (Phi) is 10.7. The first kappa shape index (κ1) is 31.5. The Morgan fingerprint density at radius 3 is 2.50 bits per heavy atom. The van der Waals surface area contributed by atoms with E-state index in [1.54, 1.807) is 6.92 Å². The molecule has 3 unspecified atom stereocenters. The highest BCUT2D eigenvalue weighted by Gasteiger charge is 2.65. The second kappa shape index (κ2) is 13.5. The molecule has 214 valence electrons. The number of carbonyl (C=O) groups excluding carboxylic acids is 4. The summed E-state index contributed by atoms with van der Waals surface area (Å²) in [6, 6.07) is 5.42. The number of halogens is 1. The molecule has 1 aliphatic heterocycles. The Hall–Kier alpha value is -3.05. The van der Waals surface area contributed by atoms with Gasteiger partial charge in [0, 0.05) is 18.6 Å². The van der Waals surface area contributed by atoms with E-state index >= 15 is 0 Å². The van der Waals surface area contributed by atoms with Gasteiger partial charge in [0.1, 0.15) is 52.0 Å². The minimum absolute atomic E-state index is 0.0288. The zero-order chi connectivity index (χ0) is 29.6. The lowest BCUT2D eigenvalue weighted by Crippen LogP contribution is -2.71. The normalized spacial score (nSPS) is 19.6. The van der Waals surface area contributed by atoms with Gasteiger partial charge < -0.3 is 14.2 Å². The number of hydrogen-bond acceptors (Lipinski definition) is 14. The second-order valence-corrected chi connectivity index (χ2v) is 12.5. The molecule has 2 aromatic rings. The van der Waals surface area contributed by atoms with Gasteiger partial charge in [-0.1, -0.05) is 12.2 Å². The molecule has 0 radical (unpaired) electrons. The standard InChI is InChI=1S/C23H24ClN4O9S3/c1-12(29)10-35-22(31)20(24)28(40-19(38)8-18-26-25-14(3)39-18)9-17(21(28)30)13(2)37-23(32)36-11-15-4-6-16(7-5-15)27(33)34/h4-7,13,17,20H,8-11H2,1-3H3/q+1/t13?,17-,20?,28?/m0/s1. The van der Waals surface area contributed by atoms with Crippen molar-refractivity contribution in [2.45, 2.75) is 45.4 Å². The average Bonchev–Trinajstić information content (AvgIpc) is 3.31. The van der Waals surface area contributed by atoms with Crippen molar-refractivity contribution in [3.63, 3.8) is 0 Å². The van der Waals surface area contributed by atoms with Crippen molar-refractivity contribution in [1.82, 2.24) is 10.2 Å². The Morgan fingerprint density at radius 2 is 1.95 bits per heavy atom. The molecule has 0 N–H and O–H groups in total. The number of likely N-dealkylation sites (tertiary alicyclic amines) is 1. The van der Waals surface area contributed by atoms with Gasteiger partial charge in [0.2, 0.25) is 0 Å². The largest absolute Gasteiger partial charge is 0.508 e. The molecule has 0 aliphatic carbocycles. The number of ether oxygens (including phenoxy) is 3. The van der Waals surface area contributed by atoms with Gasteiger partial charge in [0.15, 0.2) is 11.7 Å². The number of nitro benzene ring substituents is 1. The SMILES string of the molecule is CC(=O)COC(=O)C(Cl)[N+]1(SC(=S)Cc2nnc(C)s2)C[C@@H](C(C)OC(=O)OCc2ccc([N+](=O)[O-])cc2)C1=O. The predicted octanol–water partition coefficient (Wildman–Crippen LogP) is 3.69.